The van der Waals surface area contributed by atoms with Crippen molar-refractivity contribution in [2.75, 3.05) is 0 Å². The normalized spacial score (nSPS) is 16.6. The van der Waals surface area contributed by atoms with Crippen LogP contribution in [0.15, 0.2) is 41.3 Å². The fourth-order valence-electron chi connectivity index (χ4n) is 0.597. The van der Waals surface area contributed by atoms with E-state index >= 15 is 0 Å². The lowest BCUT2D eigenvalue weighted by Gasteiger charge is -1.80. The van der Waals surface area contributed by atoms with Crippen molar-refractivity contribution in [1.82, 2.24) is 0 Å². The van der Waals surface area contributed by atoms with Crippen LogP contribution in [-0.2, 0) is 0 Å². The van der Waals surface area contributed by atoms with Crippen molar-refractivity contribution in [3.05, 3.63) is 41.3 Å². The zero-order valence-electron chi connectivity index (χ0n) is 5.39. The molecule has 0 amide bonds. The van der Waals surface area contributed by atoms with E-state index in [0.717, 1.165) is 11.3 Å². The number of allylic oxidation sites excluding steroid dienone is 4. The molecule has 0 atom stereocenters. The van der Waals surface area contributed by atoms with E-state index < -0.39 is 0 Å². The van der Waals surface area contributed by atoms with Crippen LogP contribution in [0.5, 0.6) is 0 Å². The van der Waals surface area contributed by atoms with Crippen LogP contribution in [0.1, 0.15) is 6.92 Å². The van der Waals surface area contributed by atoms with Gasteiger partial charge in [-0.1, -0.05) is 12.2 Å². The summed E-state index contributed by atoms with van der Waals surface area (Å²) in [6.45, 7) is 1.99. The lowest BCUT2D eigenvalue weighted by molar-refractivity contribution is 1.43. The molecule has 46 valence electrons. The van der Waals surface area contributed by atoms with E-state index in [-0.39, 0.29) is 0 Å². The second-order valence-electron chi connectivity index (χ2n) is 2.00. The Hall–Kier alpha value is -1.20. The van der Waals surface area contributed by atoms with Gasteiger partial charge in [0.1, 0.15) is 0 Å². The van der Waals surface area contributed by atoms with E-state index in [1.54, 1.807) is 6.08 Å². The summed E-state index contributed by atoms with van der Waals surface area (Å²) >= 11 is 0. The van der Waals surface area contributed by atoms with Crippen LogP contribution >= 0.6 is 0 Å². The average Bonchev–Trinajstić information content (AvgIpc) is 1.97. The molecule has 0 unspecified atom stereocenters. The standard InChI is InChI=1S/C8H9N/c1-7-3-2-4-8(9)6-5-7/h2-4,6H,9H2,1H3. The van der Waals surface area contributed by atoms with E-state index in [2.05, 4.69) is 5.73 Å². The minimum absolute atomic E-state index is 0.753. The van der Waals surface area contributed by atoms with Crippen molar-refractivity contribution < 1.29 is 0 Å². The van der Waals surface area contributed by atoms with Gasteiger partial charge in [0, 0.05) is 11.8 Å². The Bertz CT molecular complexity index is 225. The molecule has 1 nitrogen and oxygen atoms in total. The molecule has 0 aromatic rings. The molecule has 0 bridgehead atoms. The van der Waals surface area contributed by atoms with E-state index in [9.17, 15) is 0 Å². The first-order chi connectivity index (χ1) is 4.29. The molecular formula is C8H9N. The maximum absolute atomic E-state index is 5.48. The van der Waals surface area contributed by atoms with Gasteiger partial charge in [-0.3, -0.25) is 0 Å². The Balaban J connectivity index is 3.01. The minimum Gasteiger partial charge on any atom is -0.398 e. The summed E-state index contributed by atoms with van der Waals surface area (Å²) in [7, 11) is 0. The predicted octanol–water partition coefficient (Wildman–Crippen LogP) is 1.50. The van der Waals surface area contributed by atoms with Gasteiger partial charge in [0.05, 0.1) is 0 Å². The Morgan fingerprint density at radius 3 is 3.11 bits per heavy atom. The van der Waals surface area contributed by atoms with E-state index in [4.69, 9.17) is 5.73 Å². The number of hydrogen-bond donors (Lipinski definition) is 1. The summed E-state index contributed by atoms with van der Waals surface area (Å²) < 4.78 is 0. The first-order valence-electron chi connectivity index (χ1n) is 2.86. The molecule has 0 fully saturated rings. The van der Waals surface area contributed by atoms with Gasteiger partial charge in [0.15, 0.2) is 0 Å². The quantitative estimate of drug-likeness (QED) is 0.480. The van der Waals surface area contributed by atoms with E-state index in [1.165, 1.54) is 0 Å². The molecule has 0 aliphatic heterocycles. The summed E-state index contributed by atoms with van der Waals surface area (Å²) in [5.74, 6) is 0. The predicted molar refractivity (Wildman–Crippen MR) is 38.7 cm³/mol. The van der Waals surface area contributed by atoms with Crippen molar-refractivity contribution in [3.8, 4) is 0 Å². The van der Waals surface area contributed by atoms with Gasteiger partial charge in [-0.05, 0) is 18.6 Å². The van der Waals surface area contributed by atoms with Crippen LogP contribution in [0.25, 0.3) is 0 Å². The van der Waals surface area contributed by atoms with Crippen LogP contribution in [0, 0.1) is 0 Å². The first-order valence-corrected chi connectivity index (χ1v) is 2.86. The maximum Gasteiger partial charge on any atom is 0.0392 e. The molecule has 0 heterocycles. The zero-order valence-corrected chi connectivity index (χ0v) is 5.39. The highest BCUT2D eigenvalue weighted by atomic mass is 14.5. The van der Waals surface area contributed by atoms with Gasteiger partial charge in [0.25, 0.3) is 0 Å². The second kappa shape index (κ2) is 2.38. The first kappa shape index (κ1) is 5.93. The summed E-state index contributed by atoms with van der Waals surface area (Å²) in [5.41, 5.74) is 10.3. The Morgan fingerprint density at radius 2 is 2.33 bits per heavy atom. The number of rotatable bonds is 0. The molecule has 1 aliphatic rings. The Morgan fingerprint density at radius 1 is 1.56 bits per heavy atom. The van der Waals surface area contributed by atoms with Crippen LogP contribution in [0.2, 0.25) is 0 Å². The molecule has 0 radical (unpaired) electrons. The van der Waals surface area contributed by atoms with Crippen molar-refractivity contribution in [2.45, 2.75) is 6.92 Å². The van der Waals surface area contributed by atoms with Crippen molar-refractivity contribution in [1.29, 1.82) is 0 Å². The maximum atomic E-state index is 5.48. The third kappa shape index (κ3) is 1.63. The average molecular weight is 119 g/mol. The second-order valence-corrected chi connectivity index (χ2v) is 2.00. The molecule has 1 rings (SSSR count). The number of hydrogen-bond acceptors (Lipinski definition) is 1. The summed E-state index contributed by atoms with van der Waals surface area (Å²) in [5, 5.41) is 0. The molecule has 0 saturated heterocycles. The molecule has 2 N–H and O–H groups in total. The zero-order chi connectivity index (χ0) is 6.69. The molecule has 1 aliphatic carbocycles. The van der Waals surface area contributed by atoms with Crippen molar-refractivity contribution in [3.63, 3.8) is 0 Å². The van der Waals surface area contributed by atoms with Crippen LogP contribution in [0.3, 0.4) is 0 Å². The van der Waals surface area contributed by atoms with Crippen LogP contribution in [0.4, 0.5) is 0 Å². The number of nitrogens with two attached hydrogens (primary N) is 1. The minimum atomic E-state index is 0.753. The van der Waals surface area contributed by atoms with Gasteiger partial charge in [-0.2, -0.15) is 0 Å². The fraction of sp³-hybridized carbons (Fsp3) is 0.125. The van der Waals surface area contributed by atoms with E-state index in [0.29, 0.717) is 0 Å². The smallest absolute Gasteiger partial charge is 0.0392 e. The summed E-state index contributed by atoms with van der Waals surface area (Å²) in [6.07, 6.45) is 7.51. The molecule has 0 spiro atoms. The fourth-order valence-corrected chi connectivity index (χ4v) is 0.597. The topological polar surface area (TPSA) is 26.0 Å². The lowest BCUT2D eigenvalue weighted by Crippen LogP contribution is -1.89. The monoisotopic (exact) mass is 119 g/mol. The summed E-state index contributed by atoms with van der Waals surface area (Å²) in [4.78, 5) is 0. The van der Waals surface area contributed by atoms with Gasteiger partial charge in [-0.15, -0.1) is 5.73 Å². The molecular weight excluding hydrogens is 110 g/mol. The third-order valence-electron chi connectivity index (χ3n) is 1.10. The molecule has 1 heteroatoms. The van der Waals surface area contributed by atoms with Gasteiger partial charge in [-0.25, -0.2) is 0 Å². The van der Waals surface area contributed by atoms with Crippen molar-refractivity contribution in [2.24, 2.45) is 5.73 Å². The Kier molecular flexibility index (Phi) is 1.57. The molecule has 0 aromatic carbocycles. The third-order valence-corrected chi connectivity index (χ3v) is 1.10. The van der Waals surface area contributed by atoms with Gasteiger partial charge >= 0.3 is 0 Å². The largest absolute Gasteiger partial charge is 0.398 e. The highest BCUT2D eigenvalue weighted by molar-refractivity contribution is 5.30. The van der Waals surface area contributed by atoms with Crippen LogP contribution in [-0.4, -0.2) is 0 Å². The highest BCUT2D eigenvalue weighted by Crippen LogP contribution is 1.98. The molecule has 0 aromatic heterocycles. The van der Waals surface area contributed by atoms with Crippen molar-refractivity contribution >= 4 is 0 Å². The SMILES string of the molecule is CC1=C=CC(N)=CC=C1. The van der Waals surface area contributed by atoms with Crippen LogP contribution < -0.4 is 5.73 Å². The van der Waals surface area contributed by atoms with E-state index in [1.807, 2.05) is 25.2 Å². The lowest BCUT2D eigenvalue weighted by atomic mass is 10.3. The van der Waals surface area contributed by atoms with Gasteiger partial charge in [0.2, 0.25) is 0 Å². The highest BCUT2D eigenvalue weighted by Gasteiger charge is 1.82. The summed E-state index contributed by atoms with van der Waals surface area (Å²) in [6, 6.07) is 0. The Labute approximate surface area is 54.9 Å². The molecule has 9 heavy (non-hydrogen) atoms. The molecule has 0 saturated carbocycles. The van der Waals surface area contributed by atoms with Gasteiger partial charge < -0.3 is 5.73 Å².